The summed E-state index contributed by atoms with van der Waals surface area (Å²) in [6.45, 7) is 4.84. The highest BCUT2D eigenvalue weighted by Gasteiger charge is 2.65. The molecule has 0 saturated carbocycles. The number of morpholine rings is 1. The Hall–Kier alpha value is -2.73. The predicted molar refractivity (Wildman–Crippen MR) is 118 cm³/mol. The highest BCUT2D eigenvalue weighted by Crippen LogP contribution is 2.59. The van der Waals surface area contributed by atoms with Crippen LogP contribution in [0.4, 0.5) is 27.6 Å². The van der Waals surface area contributed by atoms with Gasteiger partial charge in [0.05, 0.1) is 25.0 Å². The summed E-state index contributed by atoms with van der Waals surface area (Å²) in [5, 5.41) is 0. The molecule has 4 saturated heterocycles. The maximum atomic E-state index is 14.6. The number of piperidine rings is 1. The molecule has 0 radical (unpaired) electrons. The average molecular weight is 515 g/mol. The number of rotatable bonds is 4. The summed E-state index contributed by atoms with van der Waals surface area (Å²) in [4.78, 5) is 22.1. The lowest BCUT2D eigenvalue weighted by Crippen LogP contribution is -2.58. The fourth-order valence-corrected chi connectivity index (χ4v) is 5.70. The normalized spacial score (nSPS) is 31.9. The average Bonchev–Trinajstić information content (AvgIpc) is 3.06. The van der Waals surface area contributed by atoms with Crippen LogP contribution in [0.15, 0.2) is 16.9 Å². The largest absolute Gasteiger partial charge is 0.493 e. The molecule has 6 rings (SSSR count). The molecule has 5 heterocycles. The fourth-order valence-electron chi connectivity index (χ4n) is 5.70. The number of methoxy groups -OCH3 is 1. The first kappa shape index (κ1) is 24.9. The molecule has 0 aliphatic carbocycles. The topological polar surface area (TPSA) is 76.7 Å². The molecule has 0 spiro atoms. The van der Waals surface area contributed by atoms with E-state index in [1.54, 1.807) is 6.92 Å². The third-order valence-electron chi connectivity index (χ3n) is 7.74. The van der Waals surface area contributed by atoms with Gasteiger partial charge in [-0.05, 0) is 19.9 Å². The Morgan fingerprint density at radius 3 is 2.42 bits per heavy atom. The van der Waals surface area contributed by atoms with E-state index in [9.17, 15) is 26.7 Å². The number of halogens is 5. The molecule has 4 aliphatic heterocycles. The first-order valence-electron chi connectivity index (χ1n) is 11.6. The van der Waals surface area contributed by atoms with Gasteiger partial charge in [-0.1, -0.05) is 13.0 Å². The van der Waals surface area contributed by atoms with Crippen LogP contribution in [0.3, 0.4) is 0 Å². The molecule has 1 aromatic heterocycles. The number of aryl methyl sites for hydroxylation is 1. The molecule has 6 atom stereocenters. The molecule has 36 heavy (non-hydrogen) atoms. The van der Waals surface area contributed by atoms with Crippen LogP contribution in [0, 0.1) is 24.5 Å². The van der Waals surface area contributed by atoms with Gasteiger partial charge in [0.2, 0.25) is 5.82 Å². The molecule has 1 N–H and O–H groups in total. The number of fused-ring (bicyclic) bond motifs is 2. The summed E-state index contributed by atoms with van der Waals surface area (Å²) in [6.07, 6.45) is -5.24. The smallest absolute Gasteiger partial charge is 0.417 e. The molecule has 196 valence electrons. The molecule has 7 nitrogen and oxygen atoms in total. The Morgan fingerprint density at radius 2 is 1.86 bits per heavy atom. The minimum atomic E-state index is -4.80. The van der Waals surface area contributed by atoms with Gasteiger partial charge in [-0.2, -0.15) is 17.6 Å². The zero-order valence-corrected chi connectivity index (χ0v) is 20.1. The van der Waals surface area contributed by atoms with E-state index in [0.29, 0.717) is 24.5 Å². The van der Waals surface area contributed by atoms with Crippen molar-refractivity contribution in [3.05, 3.63) is 51.2 Å². The van der Waals surface area contributed by atoms with E-state index in [2.05, 4.69) is 9.97 Å². The molecule has 4 fully saturated rings. The Labute approximate surface area is 203 Å². The van der Waals surface area contributed by atoms with Crippen LogP contribution in [0.2, 0.25) is 0 Å². The van der Waals surface area contributed by atoms with Gasteiger partial charge in [0.15, 0.2) is 17.2 Å². The lowest BCUT2D eigenvalue weighted by atomic mass is 9.77. The van der Waals surface area contributed by atoms with E-state index < -0.39 is 52.7 Å². The van der Waals surface area contributed by atoms with Crippen LogP contribution >= 0.6 is 0 Å². The van der Waals surface area contributed by atoms with Crippen LogP contribution in [-0.4, -0.2) is 54.2 Å². The molecule has 0 amide bonds. The van der Waals surface area contributed by atoms with Crippen molar-refractivity contribution in [1.29, 1.82) is 0 Å². The highest BCUT2D eigenvalue weighted by atomic mass is 19.4. The van der Waals surface area contributed by atoms with Crippen molar-refractivity contribution in [3.8, 4) is 5.75 Å². The number of aromatic nitrogens is 2. The summed E-state index contributed by atoms with van der Waals surface area (Å²) in [6, 6.07) is 2.00. The summed E-state index contributed by atoms with van der Waals surface area (Å²) in [5.41, 5.74) is -2.55. The van der Waals surface area contributed by atoms with Gasteiger partial charge in [0.25, 0.3) is 5.56 Å². The lowest BCUT2D eigenvalue weighted by Gasteiger charge is -2.47. The molecule has 2 unspecified atom stereocenters. The Kier molecular flexibility index (Phi) is 5.82. The lowest BCUT2D eigenvalue weighted by molar-refractivity contribution is -0.275. The Balaban J connectivity index is 1.61. The number of aromatic amines is 1. The number of nitrogens with zero attached hydrogens (tertiary/aromatic N) is 2. The van der Waals surface area contributed by atoms with Crippen molar-refractivity contribution in [2.75, 3.05) is 25.1 Å². The summed E-state index contributed by atoms with van der Waals surface area (Å²) in [7, 11) is 1.10. The third-order valence-corrected chi connectivity index (χ3v) is 7.74. The van der Waals surface area contributed by atoms with Gasteiger partial charge in [-0.25, -0.2) is 9.37 Å². The van der Waals surface area contributed by atoms with Crippen molar-refractivity contribution >= 4 is 5.69 Å². The second kappa shape index (κ2) is 8.41. The van der Waals surface area contributed by atoms with Gasteiger partial charge < -0.3 is 24.1 Å². The van der Waals surface area contributed by atoms with Crippen molar-refractivity contribution in [1.82, 2.24) is 9.97 Å². The highest BCUT2D eigenvalue weighted by molar-refractivity contribution is 5.50. The molecule has 1 aromatic carbocycles. The number of alkyl halides is 3. The van der Waals surface area contributed by atoms with Crippen LogP contribution in [0.5, 0.6) is 5.75 Å². The Bertz CT molecular complexity index is 1240. The number of H-pyrrole nitrogens is 1. The standard InChI is InChI=1S/C24H26F5N3O4/c1-10-16(14-5-6-15(25)17(26)19(14)34-4)20(36-23(10,3)24(27,28)29)21-30-11(2)18(22(33)31-21)32-8-12-7-13(9-32)35-12/h5-6,10,12-13,16,20H,7-9H2,1-4H3,(H,30,31,33)/t10-,12?,13?,16-,20+,23+/m0/s1. The first-order chi connectivity index (χ1) is 16.9. The van der Waals surface area contributed by atoms with Crippen LogP contribution in [0.1, 0.15) is 49.4 Å². The van der Waals surface area contributed by atoms with E-state index >= 15 is 0 Å². The van der Waals surface area contributed by atoms with E-state index in [-0.39, 0.29) is 23.6 Å². The third kappa shape index (κ3) is 3.68. The first-order valence-corrected chi connectivity index (χ1v) is 11.6. The van der Waals surface area contributed by atoms with Crippen LogP contribution in [0.25, 0.3) is 0 Å². The van der Waals surface area contributed by atoms with Gasteiger partial charge >= 0.3 is 6.18 Å². The summed E-state index contributed by atoms with van der Waals surface area (Å²) < 4.78 is 87.4. The molecule has 4 aliphatic rings. The molecule has 12 heteroatoms. The van der Waals surface area contributed by atoms with Crippen molar-refractivity contribution in [2.45, 2.75) is 63.2 Å². The second-order valence-corrected chi connectivity index (χ2v) is 9.85. The molecular formula is C24H26F5N3O4. The summed E-state index contributed by atoms with van der Waals surface area (Å²) >= 11 is 0. The minimum Gasteiger partial charge on any atom is -0.493 e. The van der Waals surface area contributed by atoms with Crippen LogP contribution < -0.4 is 15.2 Å². The van der Waals surface area contributed by atoms with E-state index in [1.165, 1.54) is 13.0 Å². The Morgan fingerprint density at radius 1 is 1.22 bits per heavy atom. The number of ether oxygens (including phenoxy) is 3. The van der Waals surface area contributed by atoms with E-state index in [1.807, 2.05) is 4.90 Å². The number of nitrogens with one attached hydrogen (secondary N) is 1. The van der Waals surface area contributed by atoms with Gasteiger partial charge in [-0.15, -0.1) is 0 Å². The van der Waals surface area contributed by atoms with Crippen molar-refractivity contribution in [2.24, 2.45) is 5.92 Å². The van der Waals surface area contributed by atoms with E-state index in [0.717, 1.165) is 26.5 Å². The van der Waals surface area contributed by atoms with Gasteiger partial charge in [0, 0.05) is 36.9 Å². The monoisotopic (exact) mass is 515 g/mol. The number of hydrogen-bond donors (Lipinski definition) is 1. The fraction of sp³-hybridized carbons (Fsp3) is 0.583. The van der Waals surface area contributed by atoms with Crippen molar-refractivity contribution in [3.63, 3.8) is 0 Å². The number of benzene rings is 1. The SMILES string of the molecule is COc1c([C@H]2[C@H](c3nc(C)c(N4CC5CC(C4)O5)c(=O)[nH]3)O[C@@](C)(C(F)(F)F)[C@H]2C)ccc(F)c1F. The minimum absolute atomic E-state index is 0.0143. The van der Waals surface area contributed by atoms with E-state index in [4.69, 9.17) is 14.2 Å². The van der Waals surface area contributed by atoms with Gasteiger partial charge in [0.1, 0.15) is 17.6 Å². The number of anilines is 1. The number of hydrogen-bond acceptors (Lipinski definition) is 6. The maximum absolute atomic E-state index is 14.6. The predicted octanol–water partition coefficient (Wildman–Crippen LogP) is 4.15. The zero-order chi connectivity index (χ0) is 26.2. The quantitative estimate of drug-likeness (QED) is 0.617. The molecule has 2 bridgehead atoms. The maximum Gasteiger partial charge on any atom is 0.417 e. The van der Waals surface area contributed by atoms with Crippen molar-refractivity contribution < 1.29 is 36.2 Å². The molecule has 2 aromatic rings. The second-order valence-electron chi connectivity index (χ2n) is 9.85. The summed E-state index contributed by atoms with van der Waals surface area (Å²) in [5.74, 6) is -5.59. The van der Waals surface area contributed by atoms with Crippen LogP contribution in [-0.2, 0) is 9.47 Å². The molecular weight excluding hydrogens is 489 g/mol. The van der Waals surface area contributed by atoms with Gasteiger partial charge in [-0.3, -0.25) is 4.79 Å². The zero-order valence-electron chi connectivity index (χ0n) is 20.1.